The second-order valence-corrected chi connectivity index (χ2v) is 5.06. The van der Waals surface area contributed by atoms with Crippen molar-refractivity contribution < 1.29 is 19.1 Å². The standard InChI is InChI=1S/C12H11O4P/c13-17(14,15)12-8-4-7-11(9-12)16-10-5-2-1-3-6-10/h1-9H,(H2,13,14,15). The van der Waals surface area contributed by atoms with E-state index in [4.69, 9.17) is 14.5 Å². The van der Waals surface area contributed by atoms with E-state index >= 15 is 0 Å². The van der Waals surface area contributed by atoms with Gasteiger partial charge in [0, 0.05) is 0 Å². The van der Waals surface area contributed by atoms with Crippen LogP contribution in [-0.2, 0) is 4.57 Å². The molecule has 0 aliphatic carbocycles. The second kappa shape index (κ2) is 4.72. The molecule has 0 heterocycles. The Labute approximate surface area is 98.7 Å². The van der Waals surface area contributed by atoms with E-state index in [9.17, 15) is 4.57 Å². The molecular weight excluding hydrogens is 239 g/mol. The van der Waals surface area contributed by atoms with Gasteiger partial charge in [0.15, 0.2) is 0 Å². The second-order valence-electron chi connectivity index (χ2n) is 3.46. The van der Waals surface area contributed by atoms with E-state index in [0.29, 0.717) is 11.5 Å². The van der Waals surface area contributed by atoms with Crippen molar-refractivity contribution in [1.82, 2.24) is 0 Å². The minimum Gasteiger partial charge on any atom is -0.457 e. The van der Waals surface area contributed by atoms with E-state index in [1.165, 1.54) is 12.1 Å². The fourth-order valence-electron chi connectivity index (χ4n) is 1.35. The first-order valence-electron chi connectivity index (χ1n) is 4.95. The predicted molar refractivity (Wildman–Crippen MR) is 64.6 cm³/mol. The summed E-state index contributed by atoms with van der Waals surface area (Å²) in [6.45, 7) is 0. The van der Waals surface area contributed by atoms with Crippen LogP contribution in [0, 0.1) is 0 Å². The van der Waals surface area contributed by atoms with Gasteiger partial charge in [0.1, 0.15) is 11.5 Å². The lowest BCUT2D eigenvalue weighted by Crippen LogP contribution is -2.03. The smallest absolute Gasteiger partial charge is 0.356 e. The number of rotatable bonds is 3. The van der Waals surface area contributed by atoms with Crippen molar-refractivity contribution in [2.24, 2.45) is 0 Å². The maximum Gasteiger partial charge on any atom is 0.356 e. The largest absolute Gasteiger partial charge is 0.457 e. The first-order chi connectivity index (χ1) is 8.05. The zero-order chi connectivity index (χ0) is 12.3. The maximum absolute atomic E-state index is 11.1. The molecule has 0 aromatic heterocycles. The van der Waals surface area contributed by atoms with Gasteiger partial charge in [-0.2, -0.15) is 0 Å². The summed E-state index contributed by atoms with van der Waals surface area (Å²) in [4.78, 5) is 18.1. The molecule has 0 atom stereocenters. The molecular formula is C12H11O4P. The summed E-state index contributed by atoms with van der Waals surface area (Å²) in [6, 6.07) is 14.9. The van der Waals surface area contributed by atoms with E-state index in [2.05, 4.69) is 0 Å². The third kappa shape index (κ3) is 3.17. The van der Waals surface area contributed by atoms with Crippen molar-refractivity contribution in [1.29, 1.82) is 0 Å². The molecule has 0 aliphatic heterocycles. The van der Waals surface area contributed by atoms with Crippen LogP contribution < -0.4 is 10.0 Å². The first kappa shape index (κ1) is 11.9. The van der Waals surface area contributed by atoms with Gasteiger partial charge in [-0.1, -0.05) is 24.3 Å². The Balaban J connectivity index is 2.26. The van der Waals surface area contributed by atoms with Crippen LogP contribution in [0.3, 0.4) is 0 Å². The lowest BCUT2D eigenvalue weighted by atomic mass is 10.3. The van der Waals surface area contributed by atoms with Gasteiger partial charge in [-0.15, -0.1) is 0 Å². The van der Waals surface area contributed by atoms with Crippen LogP contribution in [0.25, 0.3) is 0 Å². The van der Waals surface area contributed by atoms with Crippen LogP contribution >= 0.6 is 7.60 Å². The van der Waals surface area contributed by atoms with Crippen LogP contribution in [0.5, 0.6) is 11.5 Å². The number of benzene rings is 2. The Morgan fingerprint density at radius 1 is 0.882 bits per heavy atom. The minimum atomic E-state index is -4.23. The van der Waals surface area contributed by atoms with E-state index in [1.807, 2.05) is 18.2 Å². The maximum atomic E-state index is 11.1. The Morgan fingerprint density at radius 2 is 1.53 bits per heavy atom. The molecule has 0 saturated carbocycles. The van der Waals surface area contributed by atoms with Crippen LogP contribution in [0.1, 0.15) is 0 Å². The molecule has 4 nitrogen and oxygen atoms in total. The molecule has 2 N–H and O–H groups in total. The molecule has 0 bridgehead atoms. The van der Waals surface area contributed by atoms with Crippen molar-refractivity contribution in [2.45, 2.75) is 0 Å². The summed E-state index contributed by atoms with van der Waals surface area (Å²) in [6.07, 6.45) is 0. The summed E-state index contributed by atoms with van der Waals surface area (Å²) < 4.78 is 16.5. The Bertz CT molecular complexity index is 547. The minimum absolute atomic E-state index is 0.0501. The molecule has 2 aromatic rings. The highest BCUT2D eigenvalue weighted by molar-refractivity contribution is 7.60. The molecule has 0 radical (unpaired) electrons. The van der Waals surface area contributed by atoms with Crippen molar-refractivity contribution in [3.63, 3.8) is 0 Å². The quantitative estimate of drug-likeness (QED) is 0.820. The molecule has 17 heavy (non-hydrogen) atoms. The van der Waals surface area contributed by atoms with Crippen LogP contribution in [0.15, 0.2) is 54.6 Å². The molecule has 0 amide bonds. The van der Waals surface area contributed by atoms with Crippen molar-refractivity contribution in [2.75, 3.05) is 0 Å². The van der Waals surface area contributed by atoms with E-state index in [1.54, 1.807) is 24.3 Å². The van der Waals surface area contributed by atoms with Gasteiger partial charge in [0.25, 0.3) is 0 Å². The van der Waals surface area contributed by atoms with Gasteiger partial charge in [0.2, 0.25) is 0 Å². The molecule has 2 aromatic carbocycles. The molecule has 0 saturated heterocycles. The summed E-state index contributed by atoms with van der Waals surface area (Å²) >= 11 is 0. The lowest BCUT2D eigenvalue weighted by Gasteiger charge is -2.08. The zero-order valence-electron chi connectivity index (χ0n) is 8.85. The Kier molecular flexibility index (Phi) is 3.29. The molecule has 0 fully saturated rings. The first-order valence-corrected chi connectivity index (χ1v) is 6.56. The number of hydrogen-bond acceptors (Lipinski definition) is 2. The average molecular weight is 250 g/mol. The number of para-hydroxylation sites is 1. The summed E-state index contributed by atoms with van der Waals surface area (Å²) in [5.41, 5.74) is 0. The van der Waals surface area contributed by atoms with Gasteiger partial charge < -0.3 is 14.5 Å². The van der Waals surface area contributed by atoms with Gasteiger partial charge in [-0.05, 0) is 30.3 Å². The van der Waals surface area contributed by atoms with Gasteiger partial charge >= 0.3 is 7.60 Å². The van der Waals surface area contributed by atoms with Crippen LogP contribution in [0.2, 0.25) is 0 Å². The fraction of sp³-hybridized carbons (Fsp3) is 0. The highest BCUT2D eigenvalue weighted by atomic mass is 31.2. The molecule has 0 unspecified atom stereocenters. The van der Waals surface area contributed by atoms with E-state index < -0.39 is 7.60 Å². The number of hydrogen-bond donors (Lipinski definition) is 2. The summed E-state index contributed by atoms with van der Waals surface area (Å²) in [7, 11) is -4.23. The van der Waals surface area contributed by atoms with Crippen molar-refractivity contribution in [3.05, 3.63) is 54.6 Å². The van der Waals surface area contributed by atoms with Gasteiger partial charge in [-0.25, -0.2) is 0 Å². The predicted octanol–water partition coefficient (Wildman–Crippen LogP) is 2.28. The third-order valence-corrected chi connectivity index (χ3v) is 3.08. The lowest BCUT2D eigenvalue weighted by molar-refractivity contribution is 0.387. The monoisotopic (exact) mass is 250 g/mol. The average Bonchev–Trinajstić information content (AvgIpc) is 2.29. The Hall–Kier alpha value is -1.61. The number of ether oxygens (including phenoxy) is 1. The molecule has 0 aliphatic rings. The zero-order valence-corrected chi connectivity index (χ0v) is 9.75. The highest BCUT2D eigenvalue weighted by Crippen LogP contribution is 2.34. The Morgan fingerprint density at radius 3 is 2.18 bits per heavy atom. The third-order valence-electron chi connectivity index (χ3n) is 2.13. The molecule has 0 spiro atoms. The van der Waals surface area contributed by atoms with Crippen LogP contribution in [0.4, 0.5) is 0 Å². The van der Waals surface area contributed by atoms with Crippen LogP contribution in [-0.4, -0.2) is 9.79 Å². The molecule has 2 rings (SSSR count). The SMILES string of the molecule is O=P(O)(O)c1cccc(Oc2ccccc2)c1. The van der Waals surface area contributed by atoms with Crippen molar-refractivity contribution >= 4 is 12.9 Å². The normalized spacial score (nSPS) is 11.2. The summed E-state index contributed by atoms with van der Waals surface area (Å²) in [5, 5.41) is -0.0501. The molecule has 88 valence electrons. The summed E-state index contributed by atoms with van der Waals surface area (Å²) in [5.74, 6) is 1.02. The van der Waals surface area contributed by atoms with E-state index in [0.717, 1.165) is 0 Å². The van der Waals surface area contributed by atoms with Gasteiger partial charge in [-0.3, -0.25) is 4.57 Å². The highest BCUT2D eigenvalue weighted by Gasteiger charge is 2.17. The van der Waals surface area contributed by atoms with E-state index in [-0.39, 0.29) is 5.30 Å². The topological polar surface area (TPSA) is 66.8 Å². The fourth-order valence-corrected chi connectivity index (χ4v) is 1.93. The van der Waals surface area contributed by atoms with Crippen molar-refractivity contribution in [3.8, 4) is 11.5 Å². The van der Waals surface area contributed by atoms with Gasteiger partial charge in [0.05, 0.1) is 5.30 Å². The molecule has 5 heteroatoms.